The molecular weight excluding hydrogens is 439 g/mol. The summed E-state index contributed by atoms with van der Waals surface area (Å²) in [6.07, 6.45) is -4.81. The summed E-state index contributed by atoms with van der Waals surface area (Å²) in [5.41, 5.74) is 0.644. The Hall–Kier alpha value is -2.83. The molecule has 3 rings (SSSR count). The average Bonchev–Trinajstić information content (AvgIpc) is 2.72. The Bertz CT molecular complexity index is 1010. The van der Waals surface area contributed by atoms with Gasteiger partial charge in [0.25, 0.3) is 0 Å². The number of hydrogen-bond acceptors (Lipinski definition) is 6. The van der Waals surface area contributed by atoms with E-state index in [1.54, 1.807) is 0 Å². The van der Waals surface area contributed by atoms with E-state index in [0.29, 0.717) is 18.9 Å². The van der Waals surface area contributed by atoms with Crippen molar-refractivity contribution in [1.82, 2.24) is 4.31 Å². The fraction of sp³-hybridized carbons (Fsp3) is 0.316. The standard InChI is InChI=1S/C19H20F3N3O5S/c20-19(21,22)30-16-3-1-2-15(12-16)23-13-18(26)24-14-4-6-17(7-5-14)31(27,28)25-8-10-29-11-9-25/h1-7,12,23H,8-11,13H2,(H,24,26). The zero-order chi connectivity index (χ0) is 22.5. The number of nitrogens with zero attached hydrogens (tertiary/aromatic N) is 1. The summed E-state index contributed by atoms with van der Waals surface area (Å²) in [5.74, 6) is -0.874. The molecule has 1 heterocycles. The lowest BCUT2D eigenvalue weighted by Crippen LogP contribution is -2.40. The number of benzene rings is 2. The summed E-state index contributed by atoms with van der Waals surface area (Å²) in [5, 5.41) is 5.28. The minimum absolute atomic E-state index is 0.104. The highest BCUT2D eigenvalue weighted by Crippen LogP contribution is 2.25. The van der Waals surface area contributed by atoms with Crippen molar-refractivity contribution in [2.45, 2.75) is 11.3 Å². The number of rotatable bonds is 7. The molecule has 168 valence electrons. The molecule has 0 unspecified atom stereocenters. The number of anilines is 2. The first-order chi connectivity index (χ1) is 14.6. The van der Waals surface area contributed by atoms with Gasteiger partial charge in [0, 0.05) is 30.5 Å². The normalized spacial score (nSPS) is 15.3. The van der Waals surface area contributed by atoms with E-state index in [0.717, 1.165) is 12.1 Å². The molecule has 2 aromatic rings. The van der Waals surface area contributed by atoms with E-state index >= 15 is 0 Å². The Morgan fingerprint density at radius 2 is 1.74 bits per heavy atom. The number of nitrogens with one attached hydrogen (secondary N) is 2. The largest absolute Gasteiger partial charge is 0.573 e. The van der Waals surface area contributed by atoms with Crippen LogP contribution in [0.15, 0.2) is 53.4 Å². The van der Waals surface area contributed by atoms with Gasteiger partial charge in [0.2, 0.25) is 15.9 Å². The Kier molecular flexibility index (Phi) is 7.03. The van der Waals surface area contributed by atoms with Crippen molar-refractivity contribution >= 4 is 27.3 Å². The molecule has 31 heavy (non-hydrogen) atoms. The van der Waals surface area contributed by atoms with Gasteiger partial charge < -0.3 is 20.1 Å². The van der Waals surface area contributed by atoms with Crippen LogP contribution in [0.3, 0.4) is 0 Å². The Morgan fingerprint density at radius 3 is 2.39 bits per heavy atom. The molecule has 1 amide bonds. The molecule has 1 aliphatic rings. The van der Waals surface area contributed by atoms with Crippen LogP contribution in [-0.4, -0.2) is 57.8 Å². The Labute approximate surface area is 177 Å². The third-order valence-electron chi connectivity index (χ3n) is 4.27. The maximum Gasteiger partial charge on any atom is 0.573 e. The summed E-state index contributed by atoms with van der Waals surface area (Å²) in [6.45, 7) is 1.02. The van der Waals surface area contributed by atoms with Crippen molar-refractivity contribution < 1.29 is 35.9 Å². The minimum atomic E-state index is -4.81. The Balaban J connectivity index is 1.55. The highest BCUT2D eigenvalue weighted by molar-refractivity contribution is 7.89. The quantitative estimate of drug-likeness (QED) is 0.661. The maximum absolute atomic E-state index is 12.6. The van der Waals surface area contributed by atoms with E-state index in [2.05, 4.69) is 15.4 Å². The smallest absolute Gasteiger partial charge is 0.406 e. The molecule has 1 aliphatic heterocycles. The van der Waals surface area contributed by atoms with E-state index < -0.39 is 28.0 Å². The lowest BCUT2D eigenvalue weighted by atomic mass is 10.3. The predicted octanol–water partition coefficient (Wildman–Crippen LogP) is 2.66. The van der Waals surface area contributed by atoms with E-state index in [9.17, 15) is 26.4 Å². The first-order valence-electron chi connectivity index (χ1n) is 9.21. The number of halogens is 3. The first-order valence-corrected chi connectivity index (χ1v) is 10.6. The molecule has 2 N–H and O–H groups in total. The fourth-order valence-electron chi connectivity index (χ4n) is 2.84. The molecule has 1 fully saturated rings. The second-order valence-electron chi connectivity index (χ2n) is 6.52. The zero-order valence-electron chi connectivity index (χ0n) is 16.2. The van der Waals surface area contributed by atoms with E-state index in [-0.39, 0.29) is 30.2 Å². The van der Waals surface area contributed by atoms with Gasteiger partial charge in [0.1, 0.15) is 5.75 Å². The van der Waals surface area contributed by atoms with Crippen molar-refractivity contribution in [2.24, 2.45) is 0 Å². The number of carbonyl (C=O) groups excluding carboxylic acids is 1. The van der Waals surface area contributed by atoms with Gasteiger partial charge in [0.05, 0.1) is 24.7 Å². The molecule has 0 aliphatic carbocycles. The molecule has 1 saturated heterocycles. The number of morpholine rings is 1. The SMILES string of the molecule is O=C(CNc1cccc(OC(F)(F)F)c1)Nc1ccc(S(=O)(=O)N2CCOCC2)cc1. The number of hydrogen-bond donors (Lipinski definition) is 2. The van der Waals surface area contributed by atoms with Gasteiger partial charge in [-0.1, -0.05) is 6.07 Å². The van der Waals surface area contributed by atoms with E-state index in [1.807, 2.05) is 0 Å². The van der Waals surface area contributed by atoms with Crippen molar-refractivity contribution in [3.63, 3.8) is 0 Å². The summed E-state index contributed by atoms with van der Waals surface area (Å²) in [6, 6.07) is 10.8. The summed E-state index contributed by atoms with van der Waals surface area (Å²) in [7, 11) is -3.63. The molecule has 0 bridgehead atoms. The van der Waals surface area contributed by atoms with Crippen LogP contribution in [0, 0.1) is 0 Å². The number of carbonyl (C=O) groups is 1. The summed E-state index contributed by atoms with van der Waals surface area (Å²) in [4.78, 5) is 12.2. The lowest BCUT2D eigenvalue weighted by Gasteiger charge is -2.26. The average molecular weight is 459 g/mol. The number of alkyl halides is 3. The Morgan fingerprint density at radius 1 is 1.06 bits per heavy atom. The molecule has 0 saturated carbocycles. The third-order valence-corrected chi connectivity index (χ3v) is 6.18. The maximum atomic E-state index is 12.6. The molecule has 12 heteroatoms. The van der Waals surface area contributed by atoms with E-state index in [4.69, 9.17) is 4.74 Å². The van der Waals surface area contributed by atoms with E-state index in [1.165, 1.54) is 40.7 Å². The van der Waals surface area contributed by atoms with Gasteiger partial charge in [-0.15, -0.1) is 13.2 Å². The highest BCUT2D eigenvalue weighted by atomic mass is 32.2. The number of ether oxygens (including phenoxy) is 2. The van der Waals surface area contributed by atoms with Gasteiger partial charge in [-0.05, 0) is 36.4 Å². The topological polar surface area (TPSA) is 97.0 Å². The molecule has 0 aromatic heterocycles. The van der Waals surface area contributed by atoms with Gasteiger partial charge >= 0.3 is 6.36 Å². The molecule has 0 atom stereocenters. The van der Waals surface area contributed by atoms with Crippen LogP contribution in [0.4, 0.5) is 24.5 Å². The molecular formula is C19H20F3N3O5S. The van der Waals surface area contributed by atoms with Gasteiger partial charge in [0.15, 0.2) is 0 Å². The summed E-state index contributed by atoms with van der Waals surface area (Å²) >= 11 is 0. The van der Waals surface area contributed by atoms with Crippen LogP contribution in [0.1, 0.15) is 0 Å². The van der Waals surface area contributed by atoms with Crippen LogP contribution < -0.4 is 15.4 Å². The molecule has 0 spiro atoms. The van der Waals surface area contributed by atoms with Crippen molar-refractivity contribution in [3.05, 3.63) is 48.5 Å². The number of sulfonamides is 1. The summed E-state index contributed by atoms with van der Waals surface area (Å²) < 4.78 is 72.4. The van der Waals surface area contributed by atoms with Crippen molar-refractivity contribution in [3.8, 4) is 5.75 Å². The zero-order valence-corrected chi connectivity index (χ0v) is 17.0. The van der Waals surface area contributed by atoms with Gasteiger partial charge in [-0.2, -0.15) is 4.31 Å². The second kappa shape index (κ2) is 9.54. The first kappa shape index (κ1) is 22.8. The van der Waals surface area contributed by atoms with Crippen molar-refractivity contribution in [2.75, 3.05) is 43.5 Å². The monoisotopic (exact) mass is 459 g/mol. The van der Waals surface area contributed by atoms with Crippen LogP contribution in [0.5, 0.6) is 5.75 Å². The van der Waals surface area contributed by atoms with Crippen LogP contribution >= 0.6 is 0 Å². The van der Waals surface area contributed by atoms with Gasteiger partial charge in [-0.25, -0.2) is 8.42 Å². The van der Waals surface area contributed by atoms with Crippen LogP contribution in [0.25, 0.3) is 0 Å². The van der Waals surface area contributed by atoms with Crippen LogP contribution in [0.2, 0.25) is 0 Å². The number of amides is 1. The van der Waals surface area contributed by atoms with Crippen molar-refractivity contribution in [1.29, 1.82) is 0 Å². The third kappa shape index (κ3) is 6.57. The molecule has 8 nitrogen and oxygen atoms in total. The fourth-order valence-corrected chi connectivity index (χ4v) is 4.24. The predicted molar refractivity (Wildman–Crippen MR) is 106 cm³/mol. The molecule has 0 radical (unpaired) electrons. The second-order valence-corrected chi connectivity index (χ2v) is 8.46. The van der Waals surface area contributed by atoms with Gasteiger partial charge in [-0.3, -0.25) is 4.79 Å². The highest BCUT2D eigenvalue weighted by Gasteiger charge is 2.31. The minimum Gasteiger partial charge on any atom is -0.406 e. The van der Waals surface area contributed by atoms with Crippen LogP contribution in [-0.2, 0) is 19.6 Å². The lowest BCUT2D eigenvalue weighted by molar-refractivity contribution is -0.274. The molecule has 2 aromatic carbocycles.